The zero-order valence-electron chi connectivity index (χ0n) is 19.8. The van der Waals surface area contributed by atoms with Crippen molar-refractivity contribution in [2.24, 2.45) is 5.92 Å². The summed E-state index contributed by atoms with van der Waals surface area (Å²) in [7, 11) is 1.68. The molecule has 1 aliphatic rings. The number of nitrogens with one attached hydrogen (secondary N) is 1. The van der Waals surface area contributed by atoms with Crippen molar-refractivity contribution in [1.82, 2.24) is 14.5 Å². The Bertz CT molecular complexity index is 1300. The molecule has 180 valence electrons. The van der Waals surface area contributed by atoms with Gasteiger partial charge in [-0.25, -0.2) is 4.98 Å². The average molecular weight is 489 g/mol. The number of methoxy groups -OCH3 is 1. The molecule has 7 heteroatoms. The Hall–Kier alpha value is -3.35. The van der Waals surface area contributed by atoms with Gasteiger partial charge in [0.15, 0.2) is 0 Å². The highest BCUT2D eigenvalue weighted by molar-refractivity contribution is 6.30. The van der Waals surface area contributed by atoms with Crippen LogP contribution in [0.4, 0.5) is 5.69 Å². The standard InChI is InChI=1S/C28H29ClN4O2/c1-35-24-14-8-20(9-15-24)17-33-26-7-3-2-6-25(26)31-27(33)19-32-16-4-5-21(18-32)28(34)30-23-12-10-22(29)11-13-23/h2-3,6-15,21H,4-5,16-19H2,1H3,(H,30,34)/t21-/m0/s1. The van der Waals surface area contributed by atoms with E-state index in [1.165, 1.54) is 5.56 Å². The number of rotatable bonds is 7. The number of imidazole rings is 1. The van der Waals surface area contributed by atoms with Gasteiger partial charge in [-0.3, -0.25) is 9.69 Å². The van der Waals surface area contributed by atoms with Gasteiger partial charge in [0.2, 0.25) is 5.91 Å². The molecule has 35 heavy (non-hydrogen) atoms. The van der Waals surface area contributed by atoms with Gasteiger partial charge in [0.05, 0.1) is 30.6 Å². The van der Waals surface area contributed by atoms with Gasteiger partial charge in [0.1, 0.15) is 11.6 Å². The second-order valence-corrected chi connectivity index (χ2v) is 9.46. The van der Waals surface area contributed by atoms with Crippen LogP contribution in [0.3, 0.4) is 0 Å². The smallest absolute Gasteiger partial charge is 0.228 e. The summed E-state index contributed by atoms with van der Waals surface area (Å²) in [5.74, 6) is 1.86. The molecule has 1 aromatic heterocycles. The van der Waals surface area contributed by atoms with Crippen molar-refractivity contribution in [2.45, 2.75) is 25.9 Å². The summed E-state index contributed by atoms with van der Waals surface area (Å²) in [6, 6.07) is 23.7. The van der Waals surface area contributed by atoms with Crippen molar-refractivity contribution in [1.29, 1.82) is 0 Å². The number of anilines is 1. The van der Waals surface area contributed by atoms with Crippen LogP contribution in [0, 0.1) is 5.92 Å². The van der Waals surface area contributed by atoms with E-state index in [2.05, 4.69) is 45.1 Å². The van der Waals surface area contributed by atoms with Gasteiger partial charge in [-0.1, -0.05) is 35.9 Å². The number of carbonyl (C=O) groups excluding carboxylic acids is 1. The van der Waals surface area contributed by atoms with E-state index in [1.54, 1.807) is 19.2 Å². The number of para-hydroxylation sites is 2. The van der Waals surface area contributed by atoms with E-state index in [0.29, 0.717) is 18.1 Å². The van der Waals surface area contributed by atoms with Crippen LogP contribution in [-0.4, -0.2) is 40.6 Å². The normalized spacial score (nSPS) is 16.3. The Morgan fingerprint density at radius 3 is 2.60 bits per heavy atom. The Morgan fingerprint density at radius 2 is 1.83 bits per heavy atom. The molecule has 0 radical (unpaired) electrons. The van der Waals surface area contributed by atoms with Crippen molar-refractivity contribution >= 4 is 34.2 Å². The third-order valence-electron chi connectivity index (χ3n) is 6.59. The maximum atomic E-state index is 12.9. The summed E-state index contributed by atoms with van der Waals surface area (Å²) in [5, 5.41) is 3.70. The Labute approximate surface area is 210 Å². The number of likely N-dealkylation sites (tertiary alicyclic amines) is 1. The van der Waals surface area contributed by atoms with E-state index >= 15 is 0 Å². The lowest BCUT2D eigenvalue weighted by Gasteiger charge is -2.31. The van der Waals surface area contributed by atoms with Crippen LogP contribution < -0.4 is 10.1 Å². The third-order valence-corrected chi connectivity index (χ3v) is 6.84. The first-order chi connectivity index (χ1) is 17.1. The topological polar surface area (TPSA) is 59.4 Å². The second kappa shape index (κ2) is 10.5. The Morgan fingerprint density at radius 1 is 1.06 bits per heavy atom. The number of fused-ring (bicyclic) bond motifs is 1. The minimum atomic E-state index is -0.0566. The maximum absolute atomic E-state index is 12.9. The fourth-order valence-corrected chi connectivity index (χ4v) is 4.85. The number of aromatic nitrogens is 2. The van der Waals surface area contributed by atoms with Crippen molar-refractivity contribution in [3.8, 4) is 5.75 Å². The van der Waals surface area contributed by atoms with E-state index in [-0.39, 0.29) is 11.8 Å². The zero-order chi connectivity index (χ0) is 24.2. The number of piperidine rings is 1. The monoisotopic (exact) mass is 488 g/mol. The molecular formula is C28H29ClN4O2. The summed E-state index contributed by atoms with van der Waals surface area (Å²) in [6.07, 6.45) is 1.87. The highest BCUT2D eigenvalue weighted by atomic mass is 35.5. The number of carbonyl (C=O) groups is 1. The van der Waals surface area contributed by atoms with Crippen molar-refractivity contribution in [3.63, 3.8) is 0 Å². The van der Waals surface area contributed by atoms with Gasteiger partial charge in [0, 0.05) is 23.8 Å². The molecule has 1 aliphatic heterocycles. The van der Waals surface area contributed by atoms with E-state index in [1.807, 2.05) is 30.3 Å². The summed E-state index contributed by atoms with van der Waals surface area (Å²) in [5.41, 5.74) is 4.07. The van der Waals surface area contributed by atoms with Crippen LogP contribution in [-0.2, 0) is 17.9 Å². The number of ether oxygens (including phenoxy) is 1. The lowest BCUT2D eigenvalue weighted by atomic mass is 9.97. The molecule has 0 bridgehead atoms. The second-order valence-electron chi connectivity index (χ2n) is 9.02. The highest BCUT2D eigenvalue weighted by Crippen LogP contribution is 2.24. The number of hydrogen-bond donors (Lipinski definition) is 1. The Kier molecular flexibility index (Phi) is 7.02. The summed E-state index contributed by atoms with van der Waals surface area (Å²) >= 11 is 5.97. The fourth-order valence-electron chi connectivity index (χ4n) is 4.73. The molecule has 1 atom stereocenters. The van der Waals surface area contributed by atoms with Gasteiger partial charge in [-0.2, -0.15) is 0 Å². The van der Waals surface area contributed by atoms with Crippen LogP contribution in [0.15, 0.2) is 72.8 Å². The van der Waals surface area contributed by atoms with E-state index in [9.17, 15) is 4.79 Å². The maximum Gasteiger partial charge on any atom is 0.228 e. The largest absolute Gasteiger partial charge is 0.497 e. The van der Waals surface area contributed by atoms with Crippen molar-refractivity contribution in [2.75, 3.05) is 25.5 Å². The Balaban J connectivity index is 1.32. The average Bonchev–Trinajstić information content (AvgIpc) is 3.22. The van der Waals surface area contributed by atoms with Gasteiger partial charge < -0.3 is 14.6 Å². The van der Waals surface area contributed by atoms with Crippen LogP contribution >= 0.6 is 11.6 Å². The van der Waals surface area contributed by atoms with Gasteiger partial charge in [0.25, 0.3) is 0 Å². The molecule has 3 aromatic carbocycles. The number of nitrogens with zero attached hydrogens (tertiary/aromatic N) is 3. The molecule has 1 saturated heterocycles. The predicted octanol–water partition coefficient (Wildman–Crippen LogP) is 5.60. The van der Waals surface area contributed by atoms with Gasteiger partial charge in [-0.15, -0.1) is 0 Å². The number of halogens is 1. The number of amides is 1. The molecule has 1 fully saturated rings. The quantitative estimate of drug-likeness (QED) is 0.368. The molecule has 2 heterocycles. The molecule has 0 unspecified atom stereocenters. The summed E-state index contributed by atoms with van der Waals surface area (Å²) in [4.78, 5) is 20.3. The van der Waals surface area contributed by atoms with Crippen molar-refractivity contribution < 1.29 is 9.53 Å². The zero-order valence-corrected chi connectivity index (χ0v) is 20.5. The van der Waals surface area contributed by atoms with E-state index < -0.39 is 0 Å². The molecule has 1 N–H and O–H groups in total. The fraction of sp³-hybridized carbons (Fsp3) is 0.286. The first-order valence-electron chi connectivity index (χ1n) is 11.9. The van der Waals surface area contributed by atoms with E-state index in [0.717, 1.165) is 54.2 Å². The van der Waals surface area contributed by atoms with Crippen LogP contribution in [0.5, 0.6) is 5.75 Å². The molecule has 5 rings (SSSR count). The molecule has 6 nitrogen and oxygen atoms in total. The third kappa shape index (κ3) is 5.50. The molecule has 0 aliphatic carbocycles. The van der Waals surface area contributed by atoms with Gasteiger partial charge >= 0.3 is 0 Å². The predicted molar refractivity (Wildman–Crippen MR) is 140 cm³/mol. The minimum absolute atomic E-state index is 0.0566. The van der Waals surface area contributed by atoms with Crippen LogP contribution in [0.2, 0.25) is 5.02 Å². The SMILES string of the molecule is COc1ccc(Cn2c(CN3CCC[C@H](C(=O)Nc4ccc(Cl)cc4)C3)nc3ccccc32)cc1. The van der Waals surface area contributed by atoms with Gasteiger partial charge in [-0.05, 0) is 73.5 Å². The number of hydrogen-bond acceptors (Lipinski definition) is 4. The first kappa shape index (κ1) is 23.4. The highest BCUT2D eigenvalue weighted by Gasteiger charge is 2.27. The van der Waals surface area contributed by atoms with Crippen LogP contribution in [0.1, 0.15) is 24.2 Å². The molecule has 1 amide bonds. The summed E-state index contributed by atoms with van der Waals surface area (Å²) < 4.78 is 7.59. The van der Waals surface area contributed by atoms with E-state index in [4.69, 9.17) is 21.3 Å². The first-order valence-corrected chi connectivity index (χ1v) is 12.3. The molecular weight excluding hydrogens is 460 g/mol. The molecule has 0 spiro atoms. The molecule has 4 aromatic rings. The minimum Gasteiger partial charge on any atom is -0.497 e. The lowest BCUT2D eigenvalue weighted by Crippen LogP contribution is -2.40. The number of benzene rings is 3. The van der Waals surface area contributed by atoms with Crippen molar-refractivity contribution in [3.05, 3.63) is 89.2 Å². The van der Waals surface area contributed by atoms with Crippen LogP contribution in [0.25, 0.3) is 11.0 Å². The lowest BCUT2D eigenvalue weighted by molar-refractivity contribution is -0.121. The summed E-state index contributed by atoms with van der Waals surface area (Å²) in [6.45, 7) is 3.10. The molecule has 0 saturated carbocycles.